The molecule has 0 saturated heterocycles. The molecule has 0 fully saturated rings. The second-order valence-corrected chi connectivity index (χ2v) is 4.54. The first-order valence-electron chi connectivity index (χ1n) is 6.27. The van der Waals surface area contributed by atoms with Crippen LogP contribution in [0, 0.1) is 5.92 Å². The molecule has 0 saturated carbocycles. The molecule has 0 radical (unpaired) electrons. The largest absolute Gasteiger partial charge is 0.394 e. The predicted octanol–water partition coefficient (Wildman–Crippen LogP) is 0.562. The first-order chi connectivity index (χ1) is 8.67. The standard InChI is InChI=1S/C14H22N2O2/c1-11(9-15-2)14(18)16-13(10-17)8-12-6-4-3-5-7-12/h3-7,11,13,15,17H,8-10H2,1-2H3,(H,16,18)/t11?,13-/m1/s1. The number of aliphatic hydroxyl groups is 1. The minimum absolute atomic E-state index is 0.0284. The summed E-state index contributed by atoms with van der Waals surface area (Å²) in [6.45, 7) is 2.45. The zero-order chi connectivity index (χ0) is 13.4. The maximum atomic E-state index is 11.8. The Balaban J connectivity index is 2.49. The van der Waals surface area contributed by atoms with E-state index in [1.54, 1.807) is 0 Å². The second kappa shape index (κ2) is 7.84. The van der Waals surface area contributed by atoms with Crippen molar-refractivity contribution >= 4 is 5.91 Å². The Morgan fingerprint density at radius 1 is 1.33 bits per heavy atom. The molecule has 0 spiro atoms. The maximum absolute atomic E-state index is 11.8. The van der Waals surface area contributed by atoms with Gasteiger partial charge < -0.3 is 15.7 Å². The van der Waals surface area contributed by atoms with E-state index in [-0.39, 0.29) is 24.5 Å². The smallest absolute Gasteiger partial charge is 0.224 e. The molecule has 4 nitrogen and oxygen atoms in total. The van der Waals surface area contributed by atoms with E-state index in [1.165, 1.54) is 0 Å². The van der Waals surface area contributed by atoms with Gasteiger partial charge in [0.05, 0.1) is 12.6 Å². The highest BCUT2D eigenvalue weighted by Gasteiger charge is 2.16. The van der Waals surface area contributed by atoms with Crippen molar-refractivity contribution in [3.05, 3.63) is 35.9 Å². The van der Waals surface area contributed by atoms with Crippen LogP contribution in [0.2, 0.25) is 0 Å². The molecule has 0 bridgehead atoms. The van der Waals surface area contributed by atoms with Crippen LogP contribution < -0.4 is 10.6 Å². The molecule has 1 unspecified atom stereocenters. The van der Waals surface area contributed by atoms with Crippen molar-refractivity contribution in [2.45, 2.75) is 19.4 Å². The highest BCUT2D eigenvalue weighted by atomic mass is 16.3. The number of aliphatic hydroxyl groups excluding tert-OH is 1. The molecular formula is C14H22N2O2. The van der Waals surface area contributed by atoms with Crippen molar-refractivity contribution in [1.29, 1.82) is 0 Å². The fourth-order valence-electron chi connectivity index (χ4n) is 1.80. The van der Waals surface area contributed by atoms with Crippen LogP contribution in [0.5, 0.6) is 0 Å². The fraction of sp³-hybridized carbons (Fsp3) is 0.500. The average molecular weight is 250 g/mol. The molecule has 0 aliphatic carbocycles. The monoisotopic (exact) mass is 250 g/mol. The van der Waals surface area contributed by atoms with E-state index in [0.717, 1.165) is 5.56 Å². The summed E-state index contributed by atoms with van der Waals surface area (Å²) in [7, 11) is 1.82. The molecular weight excluding hydrogens is 228 g/mol. The van der Waals surface area contributed by atoms with Crippen molar-refractivity contribution in [3.63, 3.8) is 0 Å². The van der Waals surface area contributed by atoms with E-state index in [4.69, 9.17) is 0 Å². The van der Waals surface area contributed by atoms with Gasteiger partial charge in [0.2, 0.25) is 5.91 Å². The molecule has 100 valence electrons. The molecule has 3 N–H and O–H groups in total. The zero-order valence-corrected chi connectivity index (χ0v) is 11.0. The third-order valence-electron chi connectivity index (χ3n) is 2.85. The van der Waals surface area contributed by atoms with Gasteiger partial charge in [0, 0.05) is 12.5 Å². The van der Waals surface area contributed by atoms with Gasteiger partial charge >= 0.3 is 0 Å². The summed E-state index contributed by atoms with van der Waals surface area (Å²) in [5.74, 6) is -0.126. The number of nitrogens with one attached hydrogen (secondary N) is 2. The highest BCUT2D eigenvalue weighted by molar-refractivity contribution is 5.78. The molecule has 0 aromatic heterocycles. The van der Waals surface area contributed by atoms with Gasteiger partial charge in [-0.25, -0.2) is 0 Å². The van der Waals surface area contributed by atoms with Gasteiger partial charge in [0.25, 0.3) is 0 Å². The molecule has 18 heavy (non-hydrogen) atoms. The summed E-state index contributed by atoms with van der Waals surface area (Å²) in [5, 5.41) is 15.2. The number of amides is 1. The normalized spacial score (nSPS) is 13.9. The minimum Gasteiger partial charge on any atom is -0.394 e. The van der Waals surface area contributed by atoms with Crippen LogP contribution in [-0.4, -0.2) is 37.3 Å². The summed E-state index contributed by atoms with van der Waals surface area (Å²) >= 11 is 0. The Labute approximate surface area is 108 Å². The van der Waals surface area contributed by atoms with Gasteiger partial charge in [-0.15, -0.1) is 0 Å². The van der Waals surface area contributed by atoms with Crippen molar-refractivity contribution in [2.75, 3.05) is 20.2 Å². The van der Waals surface area contributed by atoms with Gasteiger partial charge in [-0.05, 0) is 19.0 Å². The number of carbonyl (C=O) groups is 1. The predicted molar refractivity (Wildman–Crippen MR) is 72.3 cm³/mol. The number of rotatable bonds is 7. The summed E-state index contributed by atoms with van der Waals surface area (Å²) < 4.78 is 0. The maximum Gasteiger partial charge on any atom is 0.224 e. The number of hydrogen-bond acceptors (Lipinski definition) is 3. The third kappa shape index (κ3) is 4.85. The Morgan fingerprint density at radius 3 is 2.56 bits per heavy atom. The molecule has 1 aromatic rings. The molecule has 1 rings (SSSR count). The molecule has 0 aliphatic rings. The number of benzene rings is 1. The van der Waals surface area contributed by atoms with Crippen LogP contribution in [0.25, 0.3) is 0 Å². The van der Waals surface area contributed by atoms with E-state index < -0.39 is 0 Å². The Kier molecular flexibility index (Phi) is 6.39. The summed E-state index contributed by atoms with van der Waals surface area (Å²) in [6, 6.07) is 9.62. The van der Waals surface area contributed by atoms with Crippen molar-refractivity contribution < 1.29 is 9.90 Å². The average Bonchev–Trinajstić information content (AvgIpc) is 2.39. The minimum atomic E-state index is -0.223. The van der Waals surface area contributed by atoms with Crippen molar-refractivity contribution in [2.24, 2.45) is 5.92 Å². The molecule has 0 heterocycles. The van der Waals surface area contributed by atoms with Crippen LogP contribution in [0.15, 0.2) is 30.3 Å². The van der Waals surface area contributed by atoms with E-state index in [9.17, 15) is 9.90 Å². The lowest BCUT2D eigenvalue weighted by Gasteiger charge is -2.19. The molecule has 2 atom stereocenters. The van der Waals surface area contributed by atoms with E-state index >= 15 is 0 Å². The van der Waals surface area contributed by atoms with E-state index in [2.05, 4.69) is 10.6 Å². The van der Waals surface area contributed by atoms with E-state index in [1.807, 2.05) is 44.3 Å². The van der Waals surface area contributed by atoms with Crippen LogP contribution in [-0.2, 0) is 11.2 Å². The summed E-state index contributed by atoms with van der Waals surface area (Å²) in [4.78, 5) is 11.8. The molecule has 1 aromatic carbocycles. The van der Waals surface area contributed by atoms with Crippen LogP contribution in [0.4, 0.5) is 0 Å². The second-order valence-electron chi connectivity index (χ2n) is 4.54. The molecule has 0 aliphatic heterocycles. The summed E-state index contributed by atoms with van der Waals surface area (Å²) in [6.07, 6.45) is 0.648. The Hall–Kier alpha value is -1.39. The van der Waals surface area contributed by atoms with Crippen molar-refractivity contribution in [3.8, 4) is 0 Å². The highest BCUT2D eigenvalue weighted by Crippen LogP contribution is 2.04. The quantitative estimate of drug-likeness (QED) is 0.663. The SMILES string of the molecule is CNCC(C)C(=O)N[C@@H](CO)Cc1ccccc1. The lowest BCUT2D eigenvalue weighted by molar-refractivity contribution is -0.125. The van der Waals surface area contributed by atoms with Gasteiger partial charge in [-0.1, -0.05) is 37.3 Å². The van der Waals surface area contributed by atoms with Crippen molar-refractivity contribution in [1.82, 2.24) is 10.6 Å². The van der Waals surface area contributed by atoms with Gasteiger partial charge in [0.1, 0.15) is 0 Å². The van der Waals surface area contributed by atoms with E-state index in [0.29, 0.717) is 13.0 Å². The van der Waals surface area contributed by atoms with Crippen LogP contribution in [0.3, 0.4) is 0 Å². The third-order valence-corrected chi connectivity index (χ3v) is 2.85. The van der Waals surface area contributed by atoms with Crippen LogP contribution >= 0.6 is 0 Å². The van der Waals surface area contributed by atoms with Gasteiger partial charge in [-0.2, -0.15) is 0 Å². The molecule has 4 heteroatoms. The first kappa shape index (κ1) is 14.7. The topological polar surface area (TPSA) is 61.4 Å². The zero-order valence-electron chi connectivity index (χ0n) is 11.0. The van der Waals surface area contributed by atoms with Gasteiger partial charge in [0.15, 0.2) is 0 Å². The lowest BCUT2D eigenvalue weighted by atomic mass is 10.1. The summed E-state index contributed by atoms with van der Waals surface area (Å²) in [5.41, 5.74) is 1.11. The number of carbonyl (C=O) groups excluding carboxylic acids is 1. The van der Waals surface area contributed by atoms with Gasteiger partial charge in [-0.3, -0.25) is 4.79 Å². The Morgan fingerprint density at radius 2 is 2.00 bits per heavy atom. The fourth-order valence-corrected chi connectivity index (χ4v) is 1.80. The molecule has 1 amide bonds. The number of hydrogen-bond donors (Lipinski definition) is 3. The Bertz CT molecular complexity index is 354. The first-order valence-corrected chi connectivity index (χ1v) is 6.27. The lowest BCUT2D eigenvalue weighted by Crippen LogP contribution is -2.43. The van der Waals surface area contributed by atoms with Crippen LogP contribution in [0.1, 0.15) is 12.5 Å².